The number of hydrogen-bond acceptors (Lipinski definition) is 10. The van der Waals surface area contributed by atoms with Crippen LogP contribution >= 0.6 is 0 Å². The Balaban J connectivity index is 1.90. The largest absolute Gasteiger partial charge is 0.507 e. The van der Waals surface area contributed by atoms with Gasteiger partial charge in [-0.05, 0) is 12.5 Å². The molecule has 2 heterocycles. The average molecular weight is 375 g/mol. The van der Waals surface area contributed by atoms with Gasteiger partial charge in [-0.25, -0.2) is 5.10 Å². The fourth-order valence-electron chi connectivity index (χ4n) is 2.59. The normalized spacial score (nSPS) is 10.9. The molecule has 0 fully saturated rings. The highest BCUT2D eigenvalue weighted by atomic mass is 16.5. The first-order chi connectivity index (χ1) is 13.1. The molecule has 11 heteroatoms. The van der Waals surface area contributed by atoms with Gasteiger partial charge in [0.15, 0.2) is 28.5 Å². The van der Waals surface area contributed by atoms with Crippen molar-refractivity contribution in [3.05, 3.63) is 17.7 Å². The number of rotatable bonds is 8. The number of H-pyrrole nitrogens is 1. The monoisotopic (exact) mass is 375 g/mol. The lowest BCUT2D eigenvalue weighted by Crippen LogP contribution is -2.27. The summed E-state index contributed by atoms with van der Waals surface area (Å²) in [6, 6.07) is 2.73. The number of nitrogens with zero attached hydrogens (tertiary/aromatic N) is 5. The van der Waals surface area contributed by atoms with E-state index in [1.807, 2.05) is 6.92 Å². The molecule has 11 nitrogen and oxygen atoms in total. The van der Waals surface area contributed by atoms with E-state index in [9.17, 15) is 15.3 Å². The topological polar surface area (TPSA) is 153 Å². The van der Waals surface area contributed by atoms with Crippen LogP contribution in [0.4, 0.5) is 11.8 Å². The van der Waals surface area contributed by atoms with E-state index in [1.165, 1.54) is 19.2 Å². The molecule has 0 unspecified atom stereocenters. The zero-order chi connectivity index (χ0) is 19.4. The summed E-state index contributed by atoms with van der Waals surface area (Å²) in [5.41, 5.74) is 1.28. The SMILES string of the molecule is CCCN(CO)c1nc(NCc2cc(O)c(OC)cc2O)c2nn[nH]c2n1. The van der Waals surface area contributed by atoms with Crippen LogP contribution in [0.1, 0.15) is 18.9 Å². The standard InChI is InChI=1S/C16H21N7O4/c1-3-4-23(8-24)16-18-14(13-15(19-16)21-22-20-13)17-7-9-5-11(26)12(27-2)6-10(9)25/h5-6,24-26H,3-4,7-8H2,1-2H3,(H2,17,18,19,20,21,22). The lowest BCUT2D eigenvalue weighted by atomic mass is 10.1. The molecular formula is C16H21N7O4. The third kappa shape index (κ3) is 3.77. The van der Waals surface area contributed by atoms with E-state index in [-0.39, 0.29) is 30.5 Å². The quantitative estimate of drug-likeness (QED) is 0.284. The van der Waals surface area contributed by atoms with Crippen LogP contribution in [-0.4, -0.2) is 61.1 Å². The van der Waals surface area contributed by atoms with E-state index in [4.69, 9.17) is 4.74 Å². The summed E-state index contributed by atoms with van der Waals surface area (Å²) in [5.74, 6) is 0.759. The molecule has 3 rings (SSSR count). The first-order valence-corrected chi connectivity index (χ1v) is 8.34. The highest BCUT2D eigenvalue weighted by Gasteiger charge is 2.16. The maximum absolute atomic E-state index is 10.1. The van der Waals surface area contributed by atoms with E-state index < -0.39 is 0 Å². The van der Waals surface area contributed by atoms with Crippen molar-refractivity contribution in [3.8, 4) is 17.2 Å². The molecule has 0 atom stereocenters. The number of anilines is 2. The van der Waals surface area contributed by atoms with Gasteiger partial charge in [-0.15, -0.1) is 5.10 Å². The van der Waals surface area contributed by atoms with E-state index in [2.05, 4.69) is 30.7 Å². The number of aromatic amines is 1. The maximum atomic E-state index is 10.1. The third-order valence-electron chi connectivity index (χ3n) is 3.95. The van der Waals surface area contributed by atoms with Gasteiger partial charge >= 0.3 is 0 Å². The van der Waals surface area contributed by atoms with E-state index >= 15 is 0 Å². The summed E-state index contributed by atoms with van der Waals surface area (Å²) >= 11 is 0. The second kappa shape index (κ2) is 7.91. The molecule has 2 aromatic heterocycles. The van der Waals surface area contributed by atoms with Crippen LogP contribution in [0.5, 0.6) is 17.2 Å². The molecule has 0 bridgehead atoms. The number of aliphatic hydroxyl groups is 1. The Bertz CT molecular complexity index is 931. The number of fused-ring (bicyclic) bond motifs is 1. The molecule has 27 heavy (non-hydrogen) atoms. The van der Waals surface area contributed by atoms with Crippen molar-refractivity contribution in [2.45, 2.75) is 19.9 Å². The maximum Gasteiger partial charge on any atom is 0.231 e. The lowest BCUT2D eigenvalue weighted by molar-refractivity contribution is 0.288. The van der Waals surface area contributed by atoms with Crippen LogP contribution < -0.4 is 15.0 Å². The van der Waals surface area contributed by atoms with Crippen LogP contribution in [0, 0.1) is 0 Å². The molecular weight excluding hydrogens is 354 g/mol. The first-order valence-electron chi connectivity index (χ1n) is 8.34. The summed E-state index contributed by atoms with van der Waals surface area (Å²) in [4.78, 5) is 10.4. The molecule has 0 aliphatic rings. The van der Waals surface area contributed by atoms with E-state index in [0.29, 0.717) is 35.0 Å². The number of hydrogen-bond donors (Lipinski definition) is 5. The van der Waals surface area contributed by atoms with Gasteiger partial charge in [0.2, 0.25) is 5.95 Å². The van der Waals surface area contributed by atoms with Crippen molar-refractivity contribution in [2.24, 2.45) is 0 Å². The number of phenols is 2. The Labute approximate surface area is 154 Å². The fraction of sp³-hybridized carbons (Fsp3) is 0.375. The fourth-order valence-corrected chi connectivity index (χ4v) is 2.59. The molecule has 5 N–H and O–H groups in total. The minimum atomic E-state index is -0.229. The Morgan fingerprint density at radius 2 is 2.04 bits per heavy atom. The molecule has 144 valence electrons. The minimum absolute atomic E-state index is 0.0363. The van der Waals surface area contributed by atoms with E-state index in [0.717, 1.165) is 6.42 Å². The third-order valence-corrected chi connectivity index (χ3v) is 3.95. The van der Waals surface area contributed by atoms with Gasteiger partial charge < -0.3 is 30.3 Å². The van der Waals surface area contributed by atoms with Gasteiger partial charge in [0.25, 0.3) is 0 Å². The second-order valence-corrected chi connectivity index (χ2v) is 5.79. The highest BCUT2D eigenvalue weighted by molar-refractivity contribution is 5.83. The molecule has 0 amide bonds. The first kappa shape index (κ1) is 18.5. The number of ether oxygens (including phenoxy) is 1. The van der Waals surface area contributed by atoms with Crippen molar-refractivity contribution in [1.29, 1.82) is 0 Å². The highest BCUT2D eigenvalue weighted by Crippen LogP contribution is 2.33. The van der Waals surface area contributed by atoms with Crippen LogP contribution in [0.15, 0.2) is 12.1 Å². The second-order valence-electron chi connectivity index (χ2n) is 5.79. The molecule has 0 saturated heterocycles. The number of methoxy groups -OCH3 is 1. The molecule has 0 aliphatic heterocycles. The number of aliphatic hydroxyl groups excluding tert-OH is 1. The average Bonchev–Trinajstić information content (AvgIpc) is 3.14. The molecule has 0 spiro atoms. The van der Waals surface area contributed by atoms with Crippen LogP contribution in [0.3, 0.4) is 0 Å². The summed E-state index contributed by atoms with van der Waals surface area (Å²) in [5, 5.41) is 43.0. The van der Waals surface area contributed by atoms with Gasteiger partial charge in [-0.3, -0.25) is 0 Å². The van der Waals surface area contributed by atoms with Crippen LogP contribution in [0.2, 0.25) is 0 Å². The van der Waals surface area contributed by atoms with Gasteiger partial charge in [-0.2, -0.15) is 9.97 Å². The Morgan fingerprint density at radius 3 is 2.74 bits per heavy atom. The molecule has 1 aromatic carbocycles. The molecule has 0 saturated carbocycles. The van der Waals surface area contributed by atoms with Crippen molar-refractivity contribution in [1.82, 2.24) is 25.4 Å². The molecule has 0 radical (unpaired) electrons. The number of aromatic nitrogens is 5. The minimum Gasteiger partial charge on any atom is -0.507 e. The zero-order valence-corrected chi connectivity index (χ0v) is 15.0. The smallest absolute Gasteiger partial charge is 0.231 e. The summed E-state index contributed by atoms with van der Waals surface area (Å²) in [7, 11) is 1.40. The van der Waals surface area contributed by atoms with Crippen molar-refractivity contribution < 1.29 is 20.1 Å². The zero-order valence-electron chi connectivity index (χ0n) is 15.0. The van der Waals surface area contributed by atoms with Crippen LogP contribution in [-0.2, 0) is 6.54 Å². The predicted octanol–water partition coefficient (Wildman–Crippen LogP) is 0.946. The summed E-state index contributed by atoms with van der Waals surface area (Å²) < 4.78 is 4.97. The summed E-state index contributed by atoms with van der Waals surface area (Å²) in [6.45, 7) is 2.50. The van der Waals surface area contributed by atoms with Gasteiger partial charge in [0, 0.05) is 24.7 Å². The Morgan fingerprint density at radius 1 is 1.22 bits per heavy atom. The van der Waals surface area contributed by atoms with Crippen molar-refractivity contribution >= 4 is 22.9 Å². The van der Waals surface area contributed by atoms with Gasteiger partial charge in [0.1, 0.15) is 12.5 Å². The van der Waals surface area contributed by atoms with Crippen molar-refractivity contribution in [2.75, 3.05) is 30.6 Å². The predicted molar refractivity (Wildman–Crippen MR) is 97.9 cm³/mol. The summed E-state index contributed by atoms with van der Waals surface area (Å²) in [6.07, 6.45) is 0.810. The number of nitrogens with one attached hydrogen (secondary N) is 2. The number of phenolic OH excluding ortho intramolecular Hbond substituents is 2. The Kier molecular flexibility index (Phi) is 5.41. The molecule has 0 aliphatic carbocycles. The van der Waals surface area contributed by atoms with Gasteiger partial charge in [-0.1, -0.05) is 12.1 Å². The van der Waals surface area contributed by atoms with Crippen molar-refractivity contribution in [3.63, 3.8) is 0 Å². The molecule has 3 aromatic rings. The lowest BCUT2D eigenvalue weighted by Gasteiger charge is -2.19. The van der Waals surface area contributed by atoms with Crippen LogP contribution in [0.25, 0.3) is 11.2 Å². The Hall–Kier alpha value is -3.34. The number of benzene rings is 1. The van der Waals surface area contributed by atoms with Gasteiger partial charge in [0.05, 0.1) is 7.11 Å². The number of aromatic hydroxyl groups is 2. The van der Waals surface area contributed by atoms with E-state index in [1.54, 1.807) is 4.90 Å².